The molecule has 0 fully saturated rings. The average molecular weight is 464 g/mol. The number of hydrogen-bond acceptors (Lipinski definition) is 10. The molecule has 2 unspecified atom stereocenters. The van der Waals surface area contributed by atoms with Crippen LogP contribution in [0.25, 0.3) is 0 Å². The number of rotatable bonds is 6. The van der Waals surface area contributed by atoms with Crippen molar-refractivity contribution in [3.63, 3.8) is 0 Å². The Kier molecular flexibility index (Phi) is 5.03. The van der Waals surface area contributed by atoms with E-state index in [-0.39, 0.29) is 45.1 Å². The number of carbonyl (C=O) groups is 4. The van der Waals surface area contributed by atoms with Gasteiger partial charge in [0.05, 0.1) is 22.3 Å². The van der Waals surface area contributed by atoms with Gasteiger partial charge in [-0.1, -0.05) is 0 Å². The molecule has 2 atom stereocenters. The van der Waals surface area contributed by atoms with Crippen molar-refractivity contribution in [2.24, 2.45) is 0 Å². The predicted octanol–water partition coefficient (Wildman–Crippen LogP) is 0.324. The third kappa shape index (κ3) is 3.74. The normalized spacial score (nSPS) is 15.8. The van der Waals surface area contributed by atoms with Crippen molar-refractivity contribution in [1.82, 2.24) is 0 Å². The molecule has 2 N–H and O–H groups in total. The van der Waals surface area contributed by atoms with Gasteiger partial charge in [-0.3, -0.25) is 0 Å². The van der Waals surface area contributed by atoms with Gasteiger partial charge in [-0.25, -0.2) is 19.2 Å². The van der Waals surface area contributed by atoms with Gasteiger partial charge in [0.2, 0.25) is 0 Å². The van der Waals surface area contributed by atoms with Crippen LogP contribution in [0.2, 0.25) is 0 Å². The number of esters is 4. The highest BCUT2D eigenvalue weighted by Crippen LogP contribution is 2.24. The minimum absolute atomic E-state index is 0.0223. The molecule has 0 bridgehead atoms. The number of hydrogen-bond donors (Lipinski definition) is 2. The maximum atomic E-state index is 12.4. The summed E-state index contributed by atoms with van der Waals surface area (Å²) in [6, 6.07) is 13.2. The fourth-order valence-electron chi connectivity index (χ4n) is 3.33. The lowest BCUT2D eigenvalue weighted by molar-refractivity contribution is -0.963. The van der Waals surface area contributed by atoms with Gasteiger partial charge in [0, 0.05) is 24.3 Å². The number of carbonyl (C=O) groups excluding carboxylic acids is 4. The molecule has 3 aromatic carbocycles. The van der Waals surface area contributed by atoms with E-state index in [4.69, 9.17) is 9.68 Å². The van der Waals surface area contributed by atoms with Crippen LogP contribution in [0.3, 0.4) is 0 Å². The van der Waals surface area contributed by atoms with Crippen molar-refractivity contribution in [3.8, 4) is 11.5 Å². The molecule has 5 rings (SSSR count). The second-order valence-corrected chi connectivity index (χ2v) is 7.13. The summed E-state index contributed by atoms with van der Waals surface area (Å²) >= 11 is 0. The highest BCUT2D eigenvalue weighted by atomic mass is 16.9. The Morgan fingerprint density at radius 2 is 0.882 bits per heavy atom. The molecule has 12 nitrogen and oxygen atoms in total. The highest BCUT2D eigenvalue weighted by molar-refractivity contribution is 6.15. The molecule has 0 saturated heterocycles. The summed E-state index contributed by atoms with van der Waals surface area (Å²) in [5, 5.41) is 23.2. The molecule has 12 heteroatoms. The largest absolute Gasteiger partial charge is 0.585 e. The number of nitrogens with one attached hydrogen (secondary N) is 2. The molecule has 2 aliphatic heterocycles. The van der Waals surface area contributed by atoms with Gasteiger partial charge in [-0.05, 0) is 36.4 Å². The first-order valence-electron chi connectivity index (χ1n) is 9.66. The number of fused-ring (bicyclic) bond motifs is 2. The Balaban J connectivity index is 1.25. The minimum atomic E-state index is -0.840. The lowest BCUT2D eigenvalue weighted by Crippen LogP contribution is -3.04. The van der Waals surface area contributed by atoms with Crippen LogP contribution in [0, 0.1) is 10.4 Å². The number of quaternary nitrogens is 2. The molecule has 0 aliphatic carbocycles. The summed E-state index contributed by atoms with van der Waals surface area (Å²) in [5.74, 6) is -2.98. The van der Waals surface area contributed by atoms with Gasteiger partial charge in [-0.15, -0.1) is 10.5 Å². The zero-order valence-electron chi connectivity index (χ0n) is 16.9. The average Bonchev–Trinajstić information content (AvgIpc) is 3.28. The SMILES string of the molecule is O=C1OC(=O)c2cc([NH+]([O-])Oc3ccc(O[NH+]([O-])c4ccc5c(c4)C(=O)OC5=O)cc3)ccc21. The third-order valence-corrected chi connectivity index (χ3v) is 5.01. The van der Waals surface area contributed by atoms with E-state index in [2.05, 4.69) is 9.47 Å². The predicted molar refractivity (Wildman–Crippen MR) is 108 cm³/mol. The van der Waals surface area contributed by atoms with Crippen LogP contribution in [0.1, 0.15) is 41.4 Å². The van der Waals surface area contributed by atoms with E-state index in [0.717, 1.165) is 0 Å². The molecule has 2 heterocycles. The van der Waals surface area contributed by atoms with E-state index in [0.29, 0.717) is 0 Å². The fourth-order valence-corrected chi connectivity index (χ4v) is 3.33. The molecule has 0 spiro atoms. The smallest absolute Gasteiger partial charge is 0.347 e. The number of cyclic esters (lactones) is 4. The molecule has 0 amide bonds. The van der Waals surface area contributed by atoms with Crippen molar-refractivity contribution in [2.45, 2.75) is 0 Å². The third-order valence-electron chi connectivity index (χ3n) is 5.01. The van der Waals surface area contributed by atoms with Crippen molar-refractivity contribution >= 4 is 35.3 Å². The van der Waals surface area contributed by atoms with E-state index in [1.54, 1.807) is 0 Å². The lowest BCUT2D eigenvalue weighted by Gasteiger charge is -2.21. The number of ether oxygens (including phenoxy) is 2. The van der Waals surface area contributed by atoms with Crippen LogP contribution in [-0.2, 0) is 9.47 Å². The first kappa shape index (κ1) is 21.2. The molecule has 170 valence electrons. The maximum absolute atomic E-state index is 12.4. The van der Waals surface area contributed by atoms with Crippen LogP contribution in [0.15, 0.2) is 60.7 Å². The molecule has 0 aromatic heterocycles. The van der Waals surface area contributed by atoms with E-state index in [1.807, 2.05) is 0 Å². The summed E-state index contributed by atoms with van der Waals surface area (Å²) in [6.07, 6.45) is 0. The molecular formula is C22H12N2O10. The second kappa shape index (κ2) is 8.06. The molecule has 0 radical (unpaired) electrons. The second-order valence-electron chi connectivity index (χ2n) is 7.13. The molecule has 3 aromatic rings. The topological polar surface area (TPSA) is 160 Å². The van der Waals surface area contributed by atoms with Crippen molar-refractivity contribution in [3.05, 3.63) is 93.3 Å². The number of benzene rings is 3. The Morgan fingerprint density at radius 1 is 0.529 bits per heavy atom. The summed E-state index contributed by atoms with van der Waals surface area (Å²) < 4.78 is 8.97. The summed E-state index contributed by atoms with van der Waals surface area (Å²) in [4.78, 5) is 56.8. The van der Waals surface area contributed by atoms with Gasteiger partial charge < -0.3 is 29.6 Å². The lowest BCUT2D eigenvalue weighted by atomic mass is 10.1. The van der Waals surface area contributed by atoms with Crippen molar-refractivity contribution in [2.75, 3.05) is 0 Å². The van der Waals surface area contributed by atoms with Gasteiger partial charge in [0.15, 0.2) is 22.9 Å². The van der Waals surface area contributed by atoms with E-state index >= 15 is 0 Å². The van der Waals surface area contributed by atoms with Gasteiger partial charge >= 0.3 is 23.9 Å². The Hall–Kier alpha value is -4.62. The Morgan fingerprint density at radius 3 is 1.26 bits per heavy atom. The quantitative estimate of drug-likeness (QED) is 0.295. The fraction of sp³-hybridized carbons (Fsp3) is 0. The van der Waals surface area contributed by atoms with Crippen molar-refractivity contribution < 1.29 is 48.8 Å². The summed E-state index contributed by atoms with van der Waals surface area (Å²) in [5.41, 5.74) is 0.167. The molecular weight excluding hydrogens is 452 g/mol. The van der Waals surface area contributed by atoms with E-state index < -0.39 is 34.3 Å². The van der Waals surface area contributed by atoms with Crippen molar-refractivity contribution in [1.29, 1.82) is 0 Å². The first-order chi connectivity index (χ1) is 16.3. The monoisotopic (exact) mass is 464 g/mol. The van der Waals surface area contributed by atoms with Crippen LogP contribution in [0.4, 0.5) is 11.4 Å². The summed E-state index contributed by atoms with van der Waals surface area (Å²) in [7, 11) is 0. The Labute approximate surface area is 189 Å². The standard InChI is InChI=1S/C22H12N2O10/c25-19-15-7-1-11(9-17(15)21(27)31-19)23(29)33-13-3-5-14(6-4-13)34-24(30)12-2-8-16-18(10-12)22(28)32-20(16)26/h1-10,23-24H. The zero-order valence-corrected chi connectivity index (χ0v) is 16.9. The van der Waals surface area contributed by atoms with Crippen LogP contribution >= 0.6 is 0 Å². The van der Waals surface area contributed by atoms with Gasteiger partial charge in [-0.2, -0.15) is 0 Å². The molecule has 0 saturated carbocycles. The van der Waals surface area contributed by atoms with E-state index in [1.165, 1.54) is 60.7 Å². The first-order valence-corrected chi connectivity index (χ1v) is 9.66. The molecule has 34 heavy (non-hydrogen) atoms. The van der Waals surface area contributed by atoms with E-state index in [9.17, 15) is 29.6 Å². The van der Waals surface area contributed by atoms with Gasteiger partial charge in [0.25, 0.3) is 0 Å². The summed E-state index contributed by atoms with van der Waals surface area (Å²) in [6.45, 7) is 0. The molecule has 2 aliphatic rings. The van der Waals surface area contributed by atoms with Crippen LogP contribution < -0.4 is 20.1 Å². The highest BCUT2D eigenvalue weighted by Gasteiger charge is 2.32. The maximum Gasteiger partial charge on any atom is 0.347 e. The van der Waals surface area contributed by atoms with Gasteiger partial charge in [0.1, 0.15) is 0 Å². The minimum Gasteiger partial charge on any atom is -0.585 e. The zero-order chi connectivity index (χ0) is 24.0. The van der Waals surface area contributed by atoms with Crippen LogP contribution in [0.5, 0.6) is 11.5 Å². The Bertz CT molecular complexity index is 1260. The van der Waals surface area contributed by atoms with Crippen LogP contribution in [-0.4, -0.2) is 23.9 Å².